The molecule has 0 saturated heterocycles. The molecule has 0 aliphatic carbocycles. The van der Waals surface area contributed by atoms with Crippen molar-refractivity contribution >= 4 is 34.5 Å². The molecule has 150 valence electrons. The molecular weight excluding hydrogens is 390 g/mol. The van der Waals surface area contributed by atoms with E-state index in [1.54, 1.807) is 28.9 Å². The second-order valence-electron chi connectivity index (χ2n) is 6.69. The fourth-order valence-corrected chi connectivity index (χ4v) is 3.17. The molecule has 0 spiro atoms. The number of anilines is 3. The van der Waals surface area contributed by atoms with Crippen LogP contribution in [0.25, 0.3) is 16.6 Å². The molecule has 2 aromatic heterocycles. The summed E-state index contributed by atoms with van der Waals surface area (Å²) in [6, 6.07) is 26.1. The van der Waals surface area contributed by atoms with Gasteiger partial charge in [-0.15, -0.1) is 5.10 Å². The van der Waals surface area contributed by atoms with Gasteiger partial charge in [0.15, 0.2) is 0 Å². The maximum atomic E-state index is 12.6. The summed E-state index contributed by atoms with van der Waals surface area (Å²) in [7, 11) is 0. The molecule has 1 amide bonds. The molecule has 0 bridgehead atoms. The van der Waals surface area contributed by atoms with Crippen LogP contribution in [0.15, 0.2) is 91.3 Å². The molecule has 0 aliphatic rings. The SMILES string of the molecule is O=C(Nc1nc(Nc2ncnc3ccccc23)n(-c2ccccc2)n1)c1ccccc1. The summed E-state index contributed by atoms with van der Waals surface area (Å²) in [6.07, 6.45) is 1.49. The van der Waals surface area contributed by atoms with Gasteiger partial charge in [0.1, 0.15) is 12.1 Å². The predicted molar refractivity (Wildman–Crippen MR) is 119 cm³/mol. The minimum Gasteiger partial charge on any atom is -0.308 e. The quantitative estimate of drug-likeness (QED) is 0.453. The standard InChI is InChI=1S/C23H17N7O/c31-21(16-9-3-1-4-10-16)27-22-28-23(30(29-22)17-11-5-2-6-12-17)26-20-18-13-7-8-14-19(18)24-15-25-20/h1-15H,(H2,24,25,26,27,28,29,31). The van der Waals surface area contributed by atoms with Crippen molar-refractivity contribution in [1.29, 1.82) is 0 Å². The number of carbonyl (C=O) groups is 1. The van der Waals surface area contributed by atoms with E-state index in [-0.39, 0.29) is 11.9 Å². The predicted octanol–water partition coefficient (Wildman–Crippen LogP) is 4.21. The first-order valence-corrected chi connectivity index (χ1v) is 9.63. The van der Waals surface area contributed by atoms with E-state index in [0.29, 0.717) is 17.3 Å². The van der Waals surface area contributed by atoms with Crippen molar-refractivity contribution in [3.05, 3.63) is 96.8 Å². The lowest BCUT2D eigenvalue weighted by atomic mass is 10.2. The molecule has 2 heterocycles. The molecule has 3 aromatic carbocycles. The summed E-state index contributed by atoms with van der Waals surface area (Å²) < 4.78 is 1.62. The Kier molecular flexibility index (Phi) is 4.78. The summed E-state index contributed by atoms with van der Waals surface area (Å²) in [6.45, 7) is 0. The Bertz CT molecular complexity index is 1350. The van der Waals surface area contributed by atoms with Gasteiger partial charge in [0.05, 0.1) is 11.2 Å². The van der Waals surface area contributed by atoms with Crippen LogP contribution >= 0.6 is 0 Å². The number of nitrogens with one attached hydrogen (secondary N) is 2. The van der Waals surface area contributed by atoms with Gasteiger partial charge in [-0.25, -0.2) is 9.97 Å². The lowest BCUT2D eigenvalue weighted by molar-refractivity contribution is 0.102. The van der Waals surface area contributed by atoms with Crippen molar-refractivity contribution < 1.29 is 4.79 Å². The molecular formula is C23H17N7O. The van der Waals surface area contributed by atoms with Gasteiger partial charge in [-0.2, -0.15) is 9.67 Å². The molecule has 0 aliphatic heterocycles. The Morgan fingerprint density at radius 3 is 2.32 bits per heavy atom. The Balaban J connectivity index is 1.53. The molecule has 31 heavy (non-hydrogen) atoms. The number of aromatic nitrogens is 5. The molecule has 0 unspecified atom stereocenters. The second-order valence-corrected chi connectivity index (χ2v) is 6.69. The number of para-hydroxylation sites is 2. The fourth-order valence-electron chi connectivity index (χ4n) is 3.17. The van der Waals surface area contributed by atoms with E-state index in [4.69, 9.17) is 0 Å². The van der Waals surface area contributed by atoms with Crippen molar-refractivity contribution in [2.24, 2.45) is 0 Å². The molecule has 0 saturated carbocycles. The van der Waals surface area contributed by atoms with Gasteiger partial charge >= 0.3 is 0 Å². The van der Waals surface area contributed by atoms with Crippen LogP contribution in [0.2, 0.25) is 0 Å². The van der Waals surface area contributed by atoms with Gasteiger partial charge in [0, 0.05) is 10.9 Å². The topological polar surface area (TPSA) is 97.6 Å². The van der Waals surface area contributed by atoms with Crippen LogP contribution in [0, 0.1) is 0 Å². The van der Waals surface area contributed by atoms with Crippen LogP contribution in [0.5, 0.6) is 0 Å². The van der Waals surface area contributed by atoms with Crippen molar-refractivity contribution in [3.63, 3.8) is 0 Å². The van der Waals surface area contributed by atoms with Crippen LogP contribution in [0.3, 0.4) is 0 Å². The molecule has 5 aromatic rings. The highest BCUT2D eigenvalue weighted by Crippen LogP contribution is 2.24. The number of carbonyl (C=O) groups excluding carboxylic acids is 1. The zero-order valence-corrected chi connectivity index (χ0v) is 16.3. The second kappa shape index (κ2) is 8.03. The Hall–Kier alpha value is -4.59. The molecule has 0 fully saturated rings. The molecule has 8 heteroatoms. The Morgan fingerprint density at radius 2 is 1.52 bits per heavy atom. The summed E-state index contributed by atoms with van der Waals surface area (Å²) in [4.78, 5) is 25.7. The van der Waals surface area contributed by atoms with Crippen molar-refractivity contribution in [2.75, 3.05) is 10.6 Å². The summed E-state index contributed by atoms with van der Waals surface area (Å²) in [5, 5.41) is 11.3. The normalized spacial score (nSPS) is 10.7. The van der Waals surface area contributed by atoms with Gasteiger partial charge in [0.25, 0.3) is 11.9 Å². The fraction of sp³-hybridized carbons (Fsp3) is 0. The third kappa shape index (κ3) is 3.82. The van der Waals surface area contributed by atoms with E-state index in [2.05, 4.69) is 30.7 Å². The highest BCUT2D eigenvalue weighted by atomic mass is 16.1. The van der Waals surface area contributed by atoms with E-state index in [9.17, 15) is 4.79 Å². The molecule has 2 N–H and O–H groups in total. The number of fused-ring (bicyclic) bond motifs is 1. The lowest BCUT2D eigenvalue weighted by Gasteiger charge is -2.09. The number of benzene rings is 3. The van der Waals surface area contributed by atoms with Gasteiger partial charge in [-0.3, -0.25) is 10.1 Å². The molecule has 0 atom stereocenters. The third-order valence-electron chi connectivity index (χ3n) is 4.64. The van der Waals surface area contributed by atoms with E-state index >= 15 is 0 Å². The van der Waals surface area contributed by atoms with Crippen molar-refractivity contribution in [1.82, 2.24) is 24.7 Å². The lowest BCUT2D eigenvalue weighted by Crippen LogP contribution is -2.13. The molecule has 8 nitrogen and oxygen atoms in total. The van der Waals surface area contributed by atoms with Crippen LogP contribution in [0.4, 0.5) is 17.7 Å². The van der Waals surface area contributed by atoms with Crippen LogP contribution in [-0.4, -0.2) is 30.6 Å². The summed E-state index contributed by atoms with van der Waals surface area (Å²) in [5.74, 6) is 0.901. The average molecular weight is 407 g/mol. The van der Waals surface area contributed by atoms with Crippen molar-refractivity contribution in [3.8, 4) is 5.69 Å². The maximum absolute atomic E-state index is 12.6. The van der Waals surface area contributed by atoms with Gasteiger partial charge < -0.3 is 5.32 Å². The molecule has 5 rings (SSSR count). The average Bonchev–Trinajstić information content (AvgIpc) is 3.22. The summed E-state index contributed by atoms with van der Waals surface area (Å²) in [5.41, 5.74) is 2.12. The third-order valence-corrected chi connectivity index (χ3v) is 4.64. The zero-order chi connectivity index (χ0) is 21.0. The summed E-state index contributed by atoms with van der Waals surface area (Å²) >= 11 is 0. The number of hydrogen-bond acceptors (Lipinski definition) is 6. The Morgan fingerprint density at radius 1 is 0.806 bits per heavy atom. The zero-order valence-electron chi connectivity index (χ0n) is 16.3. The number of nitrogens with zero attached hydrogens (tertiary/aromatic N) is 5. The maximum Gasteiger partial charge on any atom is 0.258 e. The first-order chi connectivity index (χ1) is 15.3. The largest absolute Gasteiger partial charge is 0.308 e. The highest BCUT2D eigenvalue weighted by molar-refractivity contribution is 6.03. The van der Waals surface area contributed by atoms with Crippen LogP contribution < -0.4 is 10.6 Å². The van der Waals surface area contributed by atoms with Gasteiger partial charge in [-0.1, -0.05) is 48.5 Å². The smallest absolute Gasteiger partial charge is 0.258 e. The van der Waals surface area contributed by atoms with Crippen LogP contribution in [-0.2, 0) is 0 Å². The van der Waals surface area contributed by atoms with Gasteiger partial charge in [-0.05, 0) is 36.4 Å². The number of amides is 1. The first-order valence-electron chi connectivity index (χ1n) is 9.63. The van der Waals surface area contributed by atoms with Gasteiger partial charge in [0.2, 0.25) is 5.95 Å². The van der Waals surface area contributed by atoms with E-state index < -0.39 is 0 Å². The molecule has 0 radical (unpaired) electrons. The van der Waals surface area contributed by atoms with E-state index in [1.807, 2.05) is 60.7 Å². The number of rotatable bonds is 5. The first kappa shape index (κ1) is 18.4. The van der Waals surface area contributed by atoms with E-state index in [1.165, 1.54) is 6.33 Å². The van der Waals surface area contributed by atoms with Crippen LogP contribution in [0.1, 0.15) is 10.4 Å². The highest BCUT2D eigenvalue weighted by Gasteiger charge is 2.16. The monoisotopic (exact) mass is 407 g/mol. The number of hydrogen-bond donors (Lipinski definition) is 2. The Labute approximate surface area is 177 Å². The van der Waals surface area contributed by atoms with E-state index in [0.717, 1.165) is 16.6 Å². The van der Waals surface area contributed by atoms with Crippen molar-refractivity contribution in [2.45, 2.75) is 0 Å². The minimum atomic E-state index is -0.287. The minimum absolute atomic E-state index is 0.179.